The largest absolute Gasteiger partial charge is 0.322 e. The van der Waals surface area contributed by atoms with E-state index in [1.807, 2.05) is 6.07 Å². The molecule has 6 nitrogen and oxygen atoms in total. The van der Waals surface area contributed by atoms with Gasteiger partial charge in [0.25, 0.3) is 5.91 Å². The average molecular weight is 303 g/mol. The Kier molecular flexibility index (Phi) is 4.44. The normalized spacial score (nSPS) is 14.9. The van der Waals surface area contributed by atoms with Crippen molar-refractivity contribution in [1.29, 1.82) is 0 Å². The van der Waals surface area contributed by atoms with Gasteiger partial charge in [-0.3, -0.25) is 14.4 Å². The summed E-state index contributed by atoms with van der Waals surface area (Å²) in [4.78, 5) is 36.4. The van der Waals surface area contributed by atoms with Gasteiger partial charge in [-0.05, 0) is 31.3 Å². The molecule has 0 atom stereocenters. The van der Waals surface area contributed by atoms with Gasteiger partial charge in [-0.2, -0.15) is 0 Å². The molecule has 0 radical (unpaired) electrons. The molecule has 21 heavy (non-hydrogen) atoms. The highest BCUT2D eigenvalue weighted by molar-refractivity contribution is 7.80. The van der Waals surface area contributed by atoms with Gasteiger partial charge >= 0.3 is 0 Å². The number of carbonyl (C=O) groups excluding carboxylic acids is 3. The molecular formula is C14H13N3O3S. The minimum Gasteiger partial charge on any atom is -0.322 e. The summed E-state index contributed by atoms with van der Waals surface area (Å²) in [5, 5.41) is 5.22. The molecule has 0 bridgehead atoms. The van der Waals surface area contributed by atoms with E-state index in [4.69, 9.17) is 12.2 Å². The molecule has 1 fully saturated rings. The summed E-state index contributed by atoms with van der Waals surface area (Å²) in [7, 11) is 0. The van der Waals surface area contributed by atoms with Crippen molar-refractivity contribution in [1.82, 2.24) is 10.2 Å². The Labute approximate surface area is 126 Å². The van der Waals surface area contributed by atoms with Crippen molar-refractivity contribution in [2.24, 2.45) is 0 Å². The summed E-state index contributed by atoms with van der Waals surface area (Å²) < 4.78 is 0. The fraction of sp³-hybridized carbons (Fsp3) is 0.143. The first-order chi connectivity index (χ1) is 9.97. The zero-order chi connectivity index (χ0) is 15.4. The Morgan fingerprint density at radius 3 is 2.52 bits per heavy atom. The quantitative estimate of drug-likeness (QED) is 0.372. The molecule has 1 aromatic rings. The number of hydrogen-bond donors (Lipinski definition) is 2. The van der Waals surface area contributed by atoms with Crippen molar-refractivity contribution in [2.45, 2.75) is 6.92 Å². The number of thiocarbonyl (C=S) groups is 1. The van der Waals surface area contributed by atoms with Crippen LogP contribution < -0.4 is 10.6 Å². The smallest absolute Gasteiger partial charge is 0.260 e. The Balaban J connectivity index is 2.19. The summed E-state index contributed by atoms with van der Waals surface area (Å²) in [5.74, 6) is -1.23. The predicted octanol–water partition coefficient (Wildman–Crippen LogP) is 0.815. The minimum absolute atomic E-state index is 0.00572. The lowest BCUT2D eigenvalue weighted by atomic mass is 10.1. The highest BCUT2D eigenvalue weighted by Gasteiger charge is 2.24. The van der Waals surface area contributed by atoms with Gasteiger partial charge in [-0.15, -0.1) is 0 Å². The highest BCUT2D eigenvalue weighted by atomic mass is 32.1. The first kappa shape index (κ1) is 14.9. The van der Waals surface area contributed by atoms with Gasteiger partial charge in [0.05, 0.1) is 5.57 Å². The Morgan fingerprint density at radius 2 is 2.00 bits per heavy atom. The first-order valence-corrected chi connectivity index (χ1v) is 6.58. The molecule has 0 saturated carbocycles. The van der Waals surface area contributed by atoms with Crippen molar-refractivity contribution in [3.63, 3.8) is 0 Å². The van der Waals surface area contributed by atoms with Crippen molar-refractivity contribution in [3.05, 3.63) is 42.1 Å². The van der Waals surface area contributed by atoms with Crippen molar-refractivity contribution in [3.8, 4) is 0 Å². The van der Waals surface area contributed by atoms with E-state index in [1.165, 1.54) is 18.0 Å². The summed E-state index contributed by atoms with van der Waals surface area (Å²) in [6, 6.07) is 8.77. The number of amides is 2. The third-order valence-electron chi connectivity index (χ3n) is 2.76. The van der Waals surface area contributed by atoms with Crippen LogP contribution in [0.25, 0.3) is 0 Å². The molecule has 2 rings (SSSR count). The summed E-state index contributed by atoms with van der Waals surface area (Å²) >= 11 is 4.95. The SMILES string of the molecule is CC(=O)/C(=C\N1CC(=O)NC1=S)C(=O)Nc1ccccc1. The number of carbonyl (C=O) groups is 3. The van der Waals surface area contributed by atoms with Crippen LogP contribution in [-0.2, 0) is 14.4 Å². The molecule has 108 valence electrons. The summed E-state index contributed by atoms with van der Waals surface area (Å²) in [5.41, 5.74) is 0.505. The third-order valence-corrected chi connectivity index (χ3v) is 3.10. The maximum atomic E-state index is 12.2. The molecule has 2 N–H and O–H groups in total. The number of hydrogen-bond acceptors (Lipinski definition) is 4. The van der Waals surface area contributed by atoms with Gasteiger partial charge < -0.3 is 15.5 Å². The lowest BCUT2D eigenvalue weighted by molar-refractivity contribution is -0.120. The zero-order valence-corrected chi connectivity index (χ0v) is 12.1. The van der Waals surface area contributed by atoms with E-state index in [-0.39, 0.29) is 23.1 Å². The van der Waals surface area contributed by atoms with Crippen molar-refractivity contribution < 1.29 is 14.4 Å². The summed E-state index contributed by atoms with van der Waals surface area (Å²) in [6.07, 6.45) is 1.29. The van der Waals surface area contributed by atoms with Crippen LogP contribution in [0.1, 0.15) is 6.92 Å². The van der Waals surface area contributed by atoms with Crippen LogP contribution in [0.3, 0.4) is 0 Å². The second-order valence-electron chi connectivity index (χ2n) is 4.40. The third kappa shape index (κ3) is 3.73. The number of rotatable bonds is 4. The van der Waals surface area contributed by atoms with Gasteiger partial charge in [0.1, 0.15) is 6.54 Å². The minimum atomic E-state index is -0.546. The number of anilines is 1. The molecule has 1 saturated heterocycles. The van der Waals surface area contributed by atoms with E-state index in [9.17, 15) is 14.4 Å². The van der Waals surface area contributed by atoms with Gasteiger partial charge in [0, 0.05) is 11.9 Å². The van der Waals surface area contributed by atoms with Crippen molar-refractivity contribution >= 4 is 40.6 Å². The van der Waals surface area contributed by atoms with E-state index in [2.05, 4.69) is 10.6 Å². The predicted molar refractivity (Wildman–Crippen MR) is 81.3 cm³/mol. The van der Waals surface area contributed by atoms with Crippen LogP contribution in [0.15, 0.2) is 42.1 Å². The van der Waals surface area contributed by atoms with Crippen LogP contribution in [0.4, 0.5) is 5.69 Å². The van der Waals surface area contributed by atoms with E-state index in [0.717, 1.165) is 0 Å². The second kappa shape index (κ2) is 6.27. The number of ketones is 1. The second-order valence-corrected chi connectivity index (χ2v) is 4.79. The Bertz CT molecular complexity index is 640. The molecule has 1 aromatic carbocycles. The van der Waals surface area contributed by atoms with E-state index in [0.29, 0.717) is 5.69 Å². The summed E-state index contributed by atoms with van der Waals surface area (Å²) in [6.45, 7) is 1.28. The Hall–Kier alpha value is -2.54. The van der Waals surface area contributed by atoms with Crippen molar-refractivity contribution in [2.75, 3.05) is 11.9 Å². The van der Waals surface area contributed by atoms with Crippen LogP contribution in [0, 0.1) is 0 Å². The fourth-order valence-electron chi connectivity index (χ4n) is 1.75. The maximum absolute atomic E-state index is 12.2. The molecular weight excluding hydrogens is 290 g/mol. The molecule has 1 heterocycles. The molecule has 1 aliphatic heterocycles. The standard InChI is InChI=1S/C14H13N3O3S/c1-9(18)11(7-17-8-12(19)16-14(17)21)13(20)15-10-5-3-2-4-6-10/h2-7H,8H2,1H3,(H,15,20)(H,16,19,21)/b11-7+. The van der Waals surface area contributed by atoms with E-state index in [1.54, 1.807) is 24.3 Å². The number of Topliss-reactive ketones (excluding diaryl/α,β-unsaturated/α-hetero) is 1. The fourth-order valence-corrected chi connectivity index (χ4v) is 1.98. The highest BCUT2D eigenvalue weighted by Crippen LogP contribution is 2.10. The molecule has 0 aromatic heterocycles. The van der Waals surface area contributed by atoms with Gasteiger partial charge in [-0.1, -0.05) is 18.2 Å². The Morgan fingerprint density at radius 1 is 1.33 bits per heavy atom. The molecule has 2 amide bonds. The van der Waals surface area contributed by atoms with Crippen LogP contribution >= 0.6 is 12.2 Å². The number of benzene rings is 1. The lowest BCUT2D eigenvalue weighted by Gasteiger charge is -2.12. The number of para-hydroxylation sites is 1. The number of nitrogens with zero attached hydrogens (tertiary/aromatic N) is 1. The topological polar surface area (TPSA) is 78.5 Å². The van der Waals surface area contributed by atoms with Crippen LogP contribution in [-0.4, -0.2) is 34.2 Å². The lowest BCUT2D eigenvalue weighted by Crippen LogP contribution is -2.27. The van der Waals surface area contributed by atoms with Gasteiger partial charge in [-0.25, -0.2) is 0 Å². The average Bonchev–Trinajstić information content (AvgIpc) is 2.74. The number of nitrogens with one attached hydrogen (secondary N) is 2. The van der Waals surface area contributed by atoms with E-state index >= 15 is 0 Å². The molecule has 0 spiro atoms. The maximum Gasteiger partial charge on any atom is 0.260 e. The first-order valence-electron chi connectivity index (χ1n) is 6.17. The van der Waals surface area contributed by atoms with Gasteiger partial charge in [0.15, 0.2) is 10.9 Å². The molecule has 1 aliphatic rings. The molecule has 0 aliphatic carbocycles. The van der Waals surface area contributed by atoms with Gasteiger partial charge in [0.2, 0.25) is 5.91 Å². The molecule has 7 heteroatoms. The van der Waals surface area contributed by atoms with Crippen LogP contribution in [0.2, 0.25) is 0 Å². The monoisotopic (exact) mass is 303 g/mol. The zero-order valence-electron chi connectivity index (χ0n) is 11.3. The van der Waals surface area contributed by atoms with E-state index < -0.39 is 11.7 Å². The van der Waals surface area contributed by atoms with Crippen LogP contribution in [0.5, 0.6) is 0 Å². The molecule has 0 unspecified atom stereocenters.